The molecule has 2 heterocycles. The van der Waals surface area contributed by atoms with E-state index in [1.54, 1.807) is 23.1 Å². The number of carbonyl (C=O) groups excluding carboxylic acids is 3. The van der Waals surface area contributed by atoms with Crippen LogP contribution in [-0.2, 0) is 17.8 Å². The van der Waals surface area contributed by atoms with Gasteiger partial charge in [0.05, 0.1) is 29.4 Å². The number of nitrogens with zero attached hydrogens (tertiary/aromatic N) is 2. The second-order valence-electron chi connectivity index (χ2n) is 7.09. The van der Waals surface area contributed by atoms with Crippen molar-refractivity contribution in [2.24, 2.45) is 0 Å². The molecular formula is C22H18Cl2N4O3S. The van der Waals surface area contributed by atoms with Crippen molar-refractivity contribution in [3.05, 3.63) is 80.3 Å². The molecule has 0 spiro atoms. The minimum Gasteiger partial charge on any atom is -0.343 e. The summed E-state index contributed by atoms with van der Waals surface area (Å²) in [6, 6.07) is 13.6. The van der Waals surface area contributed by atoms with Crippen molar-refractivity contribution >= 4 is 57.4 Å². The first-order chi connectivity index (χ1) is 15.4. The molecule has 1 aromatic heterocycles. The van der Waals surface area contributed by atoms with Crippen molar-refractivity contribution in [2.45, 2.75) is 13.0 Å². The maximum absolute atomic E-state index is 12.7. The summed E-state index contributed by atoms with van der Waals surface area (Å²) in [5.74, 6) is -0.916. The van der Waals surface area contributed by atoms with Gasteiger partial charge in [0.25, 0.3) is 11.8 Å². The van der Waals surface area contributed by atoms with Crippen LogP contribution >= 0.6 is 34.5 Å². The molecule has 7 nitrogen and oxygen atoms in total. The van der Waals surface area contributed by atoms with E-state index in [1.165, 1.54) is 23.5 Å². The summed E-state index contributed by atoms with van der Waals surface area (Å²) < 4.78 is 0. The molecule has 0 aliphatic carbocycles. The van der Waals surface area contributed by atoms with Gasteiger partial charge in [-0.3, -0.25) is 14.4 Å². The molecular weight excluding hydrogens is 471 g/mol. The standard InChI is InChI=1S/C22H18Cl2N4O3S/c23-14-6-7-15(16(24)10-14)20(30)25-11-19(29)27-22-26-17-8-9-28(12-18(17)32-22)21(31)13-4-2-1-3-5-13/h1-7,10H,8-9,11-12H2,(H,25,30)(H,26,27,29). The molecule has 4 rings (SSSR count). The van der Waals surface area contributed by atoms with E-state index in [1.807, 2.05) is 18.2 Å². The zero-order valence-corrected chi connectivity index (χ0v) is 19.1. The predicted octanol–water partition coefficient (Wildman–Crippen LogP) is 4.02. The lowest BCUT2D eigenvalue weighted by Crippen LogP contribution is -2.35. The third kappa shape index (κ3) is 5.09. The summed E-state index contributed by atoms with van der Waals surface area (Å²) in [5.41, 5.74) is 1.75. The smallest absolute Gasteiger partial charge is 0.254 e. The molecule has 164 valence electrons. The van der Waals surface area contributed by atoms with E-state index in [9.17, 15) is 14.4 Å². The highest BCUT2D eigenvalue weighted by atomic mass is 35.5. The van der Waals surface area contributed by atoms with Gasteiger partial charge in [-0.05, 0) is 30.3 Å². The highest BCUT2D eigenvalue weighted by molar-refractivity contribution is 7.15. The molecule has 2 aromatic carbocycles. The summed E-state index contributed by atoms with van der Waals surface area (Å²) in [6.45, 7) is 0.777. The van der Waals surface area contributed by atoms with Crippen LogP contribution in [-0.4, -0.2) is 40.7 Å². The number of halogens is 2. The molecule has 1 aliphatic heterocycles. The average molecular weight is 489 g/mol. The highest BCUT2D eigenvalue weighted by Crippen LogP contribution is 2.29. The van der Waals surface area contributed by atoms with Gasteiger partial charge in [-0.25, -0.2) is 4.98 Å². The first-order valence-corrected chi connectivity index (χ1v) is 11.3. The molecule has 1 aliphatic rings. The number of anilines is 1. The molecule has 3 amide bonds. The van der Waals surface area contributed by atoms with E-state index in [0.29, 0.717) is 35.2 Å². The summed E-state index contributed by atoms with van der Waals surface area (Å²) in [4.78, 5) is 44.4. The Bertz CT molecular complexity index is 1180. The van der Waals surface area contributed by atoms with Crippen molar-refractivity contribution in [3.63, 3.8) is 0 Å². The fraction of sp³-hybridized carbons (Fsp3) is 0.182. The molecule has 0 saturated heterocycles. The van der Waals surface area contributed by atoms with Crippen LogP contribution in [0.4, 0.5) is 5.13 Å². The quantitative estimate of drug-likeness (QED) is 0.567. The van der Waals surface area contributed by atoms with Gasteiger partial charge in [0.1, 0.15) is 0 Å². The van der Waals surface area contributed by atoms with Crippen molar-refractivity contribution in [1.82, 2.24) is 15.2 Å². The Morgan fingerprint density at radius 2 is 1.88 bits per heavy atom. The fourth-order valence-corrected chi connectivity index (χ4v) is 4.81. The number of thiazole rings is 1. The number of carbonyl (C=O) groups is 3. The number of benzene rings is 2. The number of nitrogens with one attached hydrogen (secondary N) is 2. The largest absolute Gasteiger partial charge is 0.343 e. The SMILES string of the molecule is O=C(CNC(=O)c1ccc(Cl)cc1Cl)Nc1nc2c(s1)CN(C(=O)c1ccccc1)CC2. The Kier molecular flexibility index (Phi) is 6.74. The van der Waals surface area contributed by atoms with Gasteiger partial charge in [0.15, 0.2) is 5.13 Å². The van der Waals surface area contributed by atoms with Gasteiger partial charge in [-0.15, -0.1) is 0 Å². The van der Waals surface area contributed by atoms with E-state index in [2.05, 4.69) is 15.6 Å². The van der Waals surface area contributed by atoms with Crippen molar-refractivity contribution in [2.75, 3.05) is 18.4 Å². The molecule has 2 N–H and O–H groups in total. The van der Waals surface area contributed by atoms with Crippen LogP contribution in [0, 0.1) is 0 Å². The second kappa shape index (κ2) is 9.68. The predicted molar refractivity (Wildman–Crippen MR) is 124 cm³/mol. The number of rotatable bonds is 5. The first-order valence-electron chi connectivity index (χ1n) is 9.76. The van der Waals surface area contributed by atoms with Crippen LogP contribution in [0.3, 0.4) is 0 Å². The number of hydrogen-bond acceptors (Lipinski definition) is 5. The highest BCUT2D eigenvalue weighted by Gasteiger charge is 2.25. The minimum atomic E-state index is -0.477. The van der Waals surface area contributed by atoms with Crippen molar-refractivity contribution in [3.8, 4) is 0 Å². The lowest BCUT2D eigenvalue weighted by Gasteiger charge is -2.26. The average Bonchev–Trinajstić information content (AvgIpc) is 3.19. The number of hydrogen-bond donors (Lipinski definition) is 2. The van der Waals surface area contributed by atoms with Crippen LogP contribution in [0.1, 0.15) is 31.3 Å². The van der Waals surface area contributed by atoms with E-state index < -0.39 is 11.8 Å². The maximum Gasteiger partial charge on any atom is 0.254 e. The van der Waals surface area contributed by atoms with Crippen molar-refractivity contribution in [1.29, 1.82) is 0 Å². The Morgan fingerprint density at radius 1 is 1.09 bits per heavy atom. The Balaban J connectivity index is 1.33. The van der Waals surface area contributed by atoms with Gasteiger partial charge in [-0.1, -0.05) is 52.7 Å². The van der Waals surface area contributed by atoms with Crippen molar-refractivity contribution < 1.29 is 14.4 Å². The molecule has 0 unspecified atom stereocenters. The molecule has 0 radical (unpaired) electrons. The lowest BCUT2D eigenvalue weighted by atomic mass is 10.1. The molecule has 0 atom stereocenters. The zero-order chi connectivity index (χ0) is 22.7. The van der Waals surface area contributed by atoms with Gasteiger partial charge in [0, 0.05) is 28.4 Å². The van der Waals surface area contributed by atoms with Crippen LogP contribution in [0.15, 0.2) is 48.5 Å². The Morgan fingerprint density at radius 3 is 2.62 bits per heavy atom. The van der Waals surface area contributed by atoms with E-state index in [-0.39, 0.29) is 23.0 Å². The van der Waals surface area contributed by atoms with Crippen LogP contribution in [0.25, 0.3) is 0 Å². The van der Waals surface area contributed by atoms with Crippen LogP contribution in [0.5, 0.6) is 0 Å². The summed E-state index contributed by atoms with van der Waals surface area (Å²) in [7, 11) is 0. The fourth-order valence-electron chi connectivity index (χ4n) is 3.28. The second-order valence-corrected chi connectivity index (χ2v) is 9.01. The van der Waals surface area contributed by atoms with Crippen LogP contribution < -0.4 is 10.6 Å². The minimum absolute atomic E-state index is 0.0289. The summed E-state index contributed by atoms with van der Waals surface area (Å²) in [6.07, 6.45) is 0.617. The van der Waals surface area contributed by atoms with Gasteiger partial charge < -0.3 is 15.5 Å². The van der Waals surface area contributed by atoms with Crippen LogP contribution in [0.2, 0.25) is 10.0 Å². The van der Waals surface area contributed by atoms with E-state index >= 15 is 0 Å². The van der Waals surface area contributed by atoms with Gasteiger partial charge in [-0.2, -0.15) is 0 Å². The Hall–Kier alpha value is -2.94. The molecule has 3 aromatic rings. The zero-order valence-electron chi connectivity index (χ0n) is 16.7. The third-order valence-corrected chi connectivity index (χ3v) is 6.42. The van der Waals surface area contributed by atoms with E-state index in [4.69, 9.17) is 23.2 Å². The van der Waals surface area contributed by atoms with Gasteiger partial charge >= 0.3 is 0 Å². The summed E-state index contributed by atoms with van der Waals surface area (Å²) >= 11 is 13.2. The van der Waals surface area contributed by atoms with Gasteiger partial charge in [0.2, 0.25) is 5.91 Å². The normalized spacial score (nSPS) is 12.8. The summed E-state index contributed by atoms with van der Waals surface area (Å²) in [5, 5.41) is 6.29. The maximum atomic E-state index is 12.7. The molecule has 0 fully saturated rings. The number of fused-ring (bicyclic) bond motifs is 1. The molecule has 0 bridgehead atoms. The molecule has 0 saturated carbocycles. The van der Waals surface area contributed by atoms with E-state index in [0.717, 1.165) is 10.6 Å². The monoisotopic (exact) mass is 488 g/mol. The first kappa shape index (κ1) is 22.3. The third-order valence-electron chi connectivity index (χ3n) is 4.87. The molecule has 10 heteroatoms. The number of aromatic nitrogens is 1. The Labute approximate surface area is 198 Å². The topological polar surface area (TPSA) is 91.4 Å². The lowest BCUT2D eigenvalue weighted by molar-refractivity contribution is -0.115. The molecule has 32 heavy (non-hydrogen) atoms. The number of amides is 3.